The monoisotopic (exact) mass is 418 g/mol. The Hall–Kier alpha value is -1.82. The Kier molecular flexibility index (Phi) is 8.35. The van der Waals surface area contributed by atoms with E-state index in [1.807, 2.05) is 61.9 Å². The van der Waals surface area contributed by atoms with Crippen molar-refractivity contribution in [3.63, 3.8) is 0 Å². The van der Waals surface area contributed by atoms with Crippen LogP contribution in [0.3, 0.4) is 0 Å². The van der Waals surface area contributed by atoms with Gasteiger partial charge in [0.1, 0.15) is 0 Å². The maximum Gasteiger partial charge on any atom is 0.255 e. The van der Waals surface area contributed by atoms with Crippen LogP contribution in [0.4, 0.5) is 5.69 Å². The molecular weight excluding hydrogens is 396 g/mol. The van der Waals surface area contributed by atoms with Gasteiger partial charge < -0.3 is 5.32 Å². The Labute approximate surface area is 174 Å². The van der Waals surface area contributed by atoms with Gasteiger partial charge in [0.2, 0.25) is 0 Å². The van der Waals surface area contributed by atoms with E-state index in [-0.39, 0.29) is 5.91 Å². The lowest BCUT2D eigenvalue weighted by atomic mass is 10.1. The van der Waals surface area contributed by atoms with Crippen LogP contribution in [0, 0.1) is 0 Å². The average molecular weight is 419 g/mol. The van der Waals surface area contributed by atoms with Crippen LogP contribution in [-0.4, -0.2) is 17.1 Å². The predicted octanol–water partition coefficient (Wildman–Crippen LogP) is 7.03. The highest BCUT2D eigenvalue weighted by atomic mass is 35.5. The van der Waals surface area contributed by atoms with Gasteiger partial charge in [-0.3, -0.25) is 4.79 Å². The molecule has 6 heteroatoms. The summed E-state index contributed by atoms with van der Waals surface area (Å²) in [5.41, 5.74) is 3.03. The molecule has 3 nitrogen and oxygen atoms in total. The molecule has 1 N–H and O–H groups in total. The van der Waals surface area contributed by atoms with Crippen molar-refractivity contribution in [2.75, 3.05) is 11.6 Å². The number of aromatic nitrogens is 1. The number of carbonyl (C=O) groups is 1. The summed E-state index contributed by atoms with van der Waals surface area (Å²) < 4.78 is 0. The second-order valence-electron chi connectivity index (χ2n) is 5.36. The number of halogens is 1. The molecule has 1 heterocycles. The van der Waals surface area contributed by atoms with E-state index >= 15 is 0 Å². The molecule has 1 aromatic heterocycles. The Morgan fingerprint density at radius 1 is 1.19 bits per heavy atom. The Bertz CT molecular complexity index is 891. The molecule has 0 aliphatic carbocycles. The van der Waals surface area contributed by atoms with Crippen molar-refractivity contribution < 1.29 is 4.79 Å². The van der Waals surface area contributed by atoms with Gasteiger partial charge >= 0.3 is 0 Å². The number of thioether (sulfide) groups is 1. The molecule has 0 unspecified atom stereocenters. The first-order chi connectivity index (χ1) is 13.1. The summed E-state index contributed by atoms with van der Waals surface area (Å²) in [5.74, 6) is -0.154. The smallest absolute Gasteiger partial charge is 0.255 e. The van der Waals surface area contributed by atoms with Crippen molar-refractivity contribution in [2.24, 2.45) is 0 Å². The normalized spacial score (nSPS) is 10.1. The second kappa shape index (κ2) is 10.5. The summed E-state index contributed by atoms with van der Waals surface area (Å²) in [7, 11) is 0. The number of carbonyl (C=O) groups excluding carboxylic acids is 1. The van der Waals surface area contributed by atoms with E-state index in [2.05, 4.69) is 17.2 Å². The number of rotatable bonds is 5. The molecule has 1 amide bonds. The minimum absolute atomic E-state index is 0.154. The van der Waals surface area contributed by atoms with Crippen LogP contribution in [0.25, 0.3) is 11.3 Å². The summed E-state index contributed by atoms with van der Waals surface area (Å²) in [5, 5.41) is 6.54. The topological polar surface area (TPSA) is 42.0 Å². The van der Waals surface area contributed by atoms with Gasteiger partial charge in [-0.25, -0.2) is 4.98 Å². The van der Waals surface area contributed by atoms with Crippen LogP contribution >= 0.6 is 34.7 Å². The molecule has 0 saturated heterocycles. The first-order valence-electron chi connectivity index (χ1n) is 8.80. The number of nitrogens with one attached hydrogen (secondary N) is 1. The van der Waals surface area contributed by atoms with E-state index < -0.39 is 0 Å². The number of aryl methyl sites for hydroxylation is 1. The standard InChI is InChI=1S/C19H17ClN2OS2.C2H6/c1-3-18-22-17(11-25-18)15-9-6-13(10-16(15)20)21-19(23)12-4-7-14(24-2)8-5-12;1-2/h4-11H,3H2,1-2H3,(H,21,23);1-2H3. The van der Waals surface area contributed by atoms with Gasteiger partial charge in [0.15, 0.2) is 0 Å². The van der Waals surface area contributed by atoms with Gasteiger partial charge in [0.25, 0.3) is 5.91 Å². The lowest BCUT2D eigenvalue weighted by molar-refractivity contribution is 0.102. The fourth-order valence-electron chi connectivity index (χ4n) is 2.34. The van der Waals surface area contributed by atoms with Gasteiger partial charge in [-0.15, -0.1) is 23.1 Å². The first-order valence-corrected chi connectivity index (χ1v) is 11.3. The third-order valence-corrected chi connectivity index (χ3v) is 5.76. The molecule has 3 aromatic rings. The highest BCUT2D eigenvalue weighted by Gasteiger charge is 2.11. The SMILES string of the molecule is CC.CCc1nc(-c2ccc(NC(=O)c3ccc(SC)cc3)cc2Cl)cs1. The average Bonchev–Trinajstić information content (AvgIpc) is 3.18. The summed E-state index contributed by atoms with van der Waals surface area (Å²) in [6.07, 6.45) is 2.91. The van der Waals surface area contributed by atoms with Crippen LogP contribution in [0.15, 0.2) is 52.7 Å². The summed E-state index contributed by atoms with van der Waals surface area (Å²) >= 11 is 9.67. The van der Waals surface area contributed by atoms with Crippen LogP contribution in [0.5, 0.6) is 0 Å². The number of thiazole rings is 1. The molecule has 142 valence electrons. The third kappa shape index (κ3) is 5.58. The summed E-state index contributed by atoms with van der Waals surface area (Å²) in [4.78, 5) is 18.0. The maximum absolute atomic E-state index is 12.4. The van der Waals surface area contributed by atoms with E-state index in [4.69, 9.17) is 11.6 Å². The number of anilines is 1. The highest BCUT2D eigenvalue weighted by molar-refractivity contribution is 7.98. The lowest BCUT2D eigenvalue weighted by Gasteiger charge is -2.08. The molecule has 0 saturated carbocycles. The van der Waals surface area contributed by atoms with Crippen molar-refractivity contribution in [1.82, 2.24) is 4.98 Å². The Balaban J connectivity index is 0.00000126. The van der Waals surface area contributed by atoms with E-state index in [1.165, 1.54) is 0 Å². The van der Waals surface area contributed by atoms with Crippen molar-refractivity contribution in [3.8, 4) is 11.3 Å². The number of hydrogen-bond acceptors (Lipinski definition) is 4. The van der Waals surface area contributed by atoms with E-state index in [9.17, 15) is 4.79 Å². The second-order valence-corrected chi connectivity index (χ2v) is 7.59. The van der Waals surface area contributed by atoms with E-state index in [0.717, 1.165) is 27.6 Å². The van der Waals surface area contributed by atoms with Crippen molar-refractivity contribution in [3.05, 3.63) is 63.4 Å². The van der Waals surface area contributed by atoms with Crippen LogP contribution < -0.4 is 5.32 Å². The Morgan fingerprint density at radius 2 is 1.89 bits per heavy atom. The molecule has 3 rings (SSSR count). The molecule has 0 radical (unpaired) electrons. The van der Waals surface area contributed by atoms with Crippen molar-refractivity contribution in [2.45, 2.75) is 32.1 Å². The van der Waals surface area contributed by atoms with Gasteiger partial charge in [-0.2, -0.15) is 0 Å². The molecule has 0 atom stereocenters. The zero-order valence-electron chi connectivity index (χ0n) is 15.9. The van der Waals surface area contributed by atoms with E-state index in [1.54, 1.807) is 29.2 Å². The minimum atomic E-state index is -0.154. The minimum Gasteiger partial charge on any atom is -0.322 e. The maximum atomic E-state index is 12.4. The van der Waals surface area contributed by atoms with Crippen LogP contribution in [0.1, 0.15) is 36.1 Å². The highest BCUT2D eigenvalue weighted by Crippen LogP contribution is 2.31. The largest absolute Gasteiger partial charge is 0.322 e. The molecule has 0 bridgehead atoms. The summed E-state index contributed by atoms with van der Waals surface area (Å²) in [6.45, 7) is 6.08. The number of benzene rings is 2. The van der Waals surface area contributed by atoms with Crippen LogP contribution in [0.2, 0.25) is 5.02 Å². The number of nitrogens with zero attached hydrogens (tertiary/aromatic N) is 1. The molecule has 27 heavy (non-hydrogen) atoms. The van der Waals surface area contributed by atoms with Gasteiger partial charge in [-0.1, -0.05) is 32.4 Å². The number of amides is 1. The van der Waals surface area contributed by atoms with Gasteiger partial charge in [0.05, 0.1) is 15.7 Å². The predicted molar refractivity (Wildman–Crippen MR) is 119 cm³/mol. The fourth-order valence-corrected chi connectivity index (χ4v) is 3.77. The lowest BCUT2D eigenvalue weighted by Crippen LogP contribution is -2.11. The first kappa shape index (κ1) is 21.5. The van der Waals surface area contributed by atoms with Gasteiger partial charge in [-0.05, 0) is 55.1 Å². The fraction of sp³-hybridized carbons (Fsp3) is 0.238. The molecule has 0 aliphatic rings. The zero-order chi connectivity index (χ0) is 19.8. The molecule has 2 aromatic carbocycles. The van der Waals surface area contributed by atoms with Crippen molar-refractivity contribution in [1.29, 1.82) is 0 Å². The third-order valence-electron chi connectivity index (χ3n) is 3.71. The van der Waals surface area contributed by atoms with Crippen molar-refractivity contribution >= 4 is 46.3 Å². The Morgan fingerprint density at radius 3 is 2.44 bits per heavy atom. The molecular formula is C21H23ClN2OS2. The van der Waals surface area contributed by atoms with Gasteiger partial charge in [0, 0.05) is 27.1 Å². The molecule has 0 aliphatic heterocycles. The molecule has 0 fully saturated rings. The van der Waals surface area contributed by atoms with E-state index in [0.29, 0.717) is 16.3 Å². The molecule has 0 spiro atoms. The van der Waals surface area contributed by atoms with Crippen LogP contribution in [-0.2, 0) is 6.42 Å². The summed E-state index contributed by atoms with van der Waals surface area (Å²) in [6, 6.07) is 13.0. The quantitative estimate of drug-likeness (QED) is 0.452. The zero-order valence-corrected chi connectivity index (χ0v) is 18.3. The number of hydrogen-bond donors (Lipinski definition) is 1.